The molecule has 1 aliphatic rings. The summed E-state index contributed by atoms with van der Waals surface area (Å²) in [5.41, 5.74) is 1.05. The Morgan fingerprint density at radius 2 is 2.19 bits per heavy atom. The molecule has 1 saturated heterocycles. The lowest BCUT2D eigenvalue weighted by molar-refractivity contribution is -0.131. The number of hydrogen-bond donors (Lipinski definition) is 1. The van der Waals surface area contributed by atoms with Crippen LogP contribution in [0.4, 0.5) is 4.79 Å². The summed E-state index contributed by atoms with van der Waals surface area (Å²) in [5.74, 6) is 0.671. The van der Waals surface area contributed by atoms with Gasteiger partial charge in [0.1, 0.15) is 12.3 Å². The van der Waals surface area contributed by atoms with Crippen LogP contribution < -0.4 is 10.1 Å². The number of carbonyl (C=O) groups is 2. The molecular formula is C15H20N2O4. The first-order valence-corrected chi connectivity index (χ1v) is 6.91. The first kappa shape index (κ1) is 15.2. The molecular weight excluding hydrogens is 272 g/mol. The number of benzene rings is 1. The van der Waals surface area contributed by atoms with Crippen molar-refractivity contribution in [1.29, 1.82) is 0 Å². The number of ether oxygens (including phenoxy) is 2. The molecule has 1 fully saturated rings. The second-order valence-electron chi connectivity index (χ2n) is 4.87. The molecule has 0 saturated carbocycles. The number of carbonyl (C=O) groups excluding carboxylic acids is 2. The van der Waals surface area contributed by atoms with E-state index in [4.69, 9.17) is 4.74 Å². The van der Waals surface area contributed by atoms with E-state index in [9.17, 15) is 9.59 Å². The van der Waals surface area contributed by atoms with Gasteiger partial charge in [-0.05, 0) is 30.5 Å². The molecule has 0 aromatic heterocycles. The monoisotopic (exact) mass is 292 g/mol. The van der Waals surface area contributed by atoms with E-state index in [1.54, 1.807) is 12.0 Å². The largest absolute Gasteiger partial charge is 0.497 e. The molecule has 0 unspecified atom stereocenters. The highest BCUT2D eigenvalue weighted by Crippen LogP contribution is 2.33. The molecule has 21 heavy (non-hydrogen) atoms. The van der Waals surface area contributed by atoms with Gasteiger partial charge in [-0.15, -0.1) is 0 Å². The van der Waals surface area contributed by atoms with Crippen LogP contribution in [0.3, 0.4) is 0 Å². The minimum absolute atomic E-state index is 0.0343. The molecule has 2 rings (SSSR count). The third kappa shape index (κ3) is 3.65. The van der Waals surface area contributed by atoms with Crippen LogP contribution in [0.15, 0.2) is 24.3 Å². The van der Waals surface area contributed by atoms with Crippen molar-refractivity contribution in [2.45, 2.75) is 18.9 Å². The standard InChI is InChI=1S/C15H20N2O4/c1-20-12-6-3-5-11(9-12)13-7-4-8-17(13)14(18)10-16-15(19)21-2/h3,5-6,9,13H,4,7-8,10H2,1-2H3,(H,16,19)/t13-/m1/s1. The summed E-state index contributed by atoms with van der Waals surface area (Å²) in [6.45, 7) is 0.650. The lowest BCUT2D eigenvalue weighted by Gasteiger charge is -2.25. The van der Waals surface area contributed by atoms with E-state index in [2.05, 4.69) is 10.1 Å². The second-order valence-corrected chi connectivity index (χ2v) is 4.87. The highest BCUT2D eigenvalue weighted by molar-refractivity contribution is 5.82. The van der Waals surface area contributed by atoms with Crippen LogP contribution in [0.5, 0.6) is 5.75 Å². The number of alkyl carbamates (subject to hydrolysis) is 1. The summed E-state index contributed by atoms with van der Waals surface area (Å²) in [7, 11) is 2.89. The fourth-order valence-corrected chi connectivity index (χ4v) is 2.58. The van der Waals surface area contributed by atoms with Crippen LogP contribution >= 0.6 is 0 Å². The summed E-state index contributed by atoms with van der Waals surface area (Å²) in [6, 6.07) is 7.77. The minimum Gasteiger partial charge on any atom is -0.497 e. The van der Waals surface area contributed by atoms with Gasteiger partial charge in [0.2, 0.25) is 5.91 Å². The molecule has 1 N–H and O–H groups in total. The third-order valence-electron chi connectivity index (χ3n) is 3.62. The fourth-order valence-electron chi connectivity index (χ4n) is 2.58. The Morgan fingerprint density at radius 1 is 1.38 bits per heavy atom. The number of nitrogens with one attached hydrogen (secondary N) is 1. The maximum absolute atomic E-state index is 12.2. The van der Waals surface area contributed by atoms with Gasteiger partial charge in [0.25, 0.3) is 0 Å². The number of rotatable bonds is 4. The normalized spacial score (nSPS) is 17.4. The minimum atomic E-state index is -0.597. The zero-order valence-corrected chi connectivity index (χ0v) is 12.3. The fraction of sp³-hybridized carbons (Fsp3) is 0.467. The molecule has 6 nitrogen and oxygen atoms in total. The molecule has 0 aliphatic carbocycles. The molecule has 0 bridgehead atoms. The van der Waals surface area contributed by atoms with Crippen molar-refractivity contribution in [3.63, 3.8) is 0 Å². The van der Waals surface area contributed by atoms with E-state index in [1.165, 1.54) is 7.11 Å². The summed E-state index contributed by atoms with van der Waals surface area (Å²) >= 11 is 0. The van der Waals surface area contributed by atoms with Gasteiger partial charge in [-0.25, -0.2) is 4.79 Å². The van der Waals surface area contributed by atoms with Gasteiger partial charge in [-0.2, -0.15) is 0 Å². The molecule has 1 aromatic rings. The lowest BCUT2D eigenvalue weighted by atomic mass is 10.0. The van der Waals surface area contributed by atoms with E-state index >= 15 is 0 Å². The molecule has 0 radical (unpaired) electrons. The van der Waals surface area contributed by atoms with Crippen LogP contribution in [-0.4, -0.2) is 44.2 Å². The van der Waals surface area contributed by atoms with Crippen molar-refractivity contribution < 1.29 is 19.1 Å². The zero-order chi connectivity index (χ0) is 15.2. The highest BCUT2D eigenvalue weighted by Gasteiger charge is 2.30. The van der Waals surface area contributed by atoms with Gasteiger partial charge < -0.3 is 19.7 Å². The Balaban J connectivity index is 2.05. The Morgan fingerprint density at radius 3 is 2.90 bits per heavy atom. The predicted molar refractivity (Wildman–Crippen MR) is 77.1 cm³/mol. The van der Waals surface area contributed by atoms with Crippen LogP contribution in [0.1, 0.15) is 24.4 Å². The van der Waals surface area contributed by atoms with Crippen LogP contribution in [0.2, 0.25) is 0 Å². The van der Waals surface area contributed by atoms with Crippen molar-refractivity contribution >= 4 is 12.0 Å². The Kier molecular flexibility index (Phi) is 5.03. The van der Waals surface area contributed by atoms with Crippen molar-refractivity contribution in [2.75, 3.05) is 27.3 Å². The zero-order valence-electron chi connectivity index (χ0n) is 12.3. The summed E-state index contributed by atoms with van der Waals surface area (Å²) in [6.07, 6.45) is 1.27. The number of hydrogen-bond acceptors (Lipinski definition) is 4. The number of amides is 2. The molecule has 2 amide bonds. The van der Waals surface area contributed by atoms with Crippen molar-refractivity contribution in [1.82, 2.24) is 10.2 Å². The van der Waals surface area contributed by atoms with Crippen LogP contribution in [0, 0.1) is 0 Å². The maximum Gasteiger partial charge on any atom is 0.407 e. The van der Waals surface area contributed by atoms with Crippen molar-refractivity contribution in [3.8, 4) is 5.75 Å². The molecule has 6 heteroatoms. The van der Waals surface area contributed by atoms with Crippen molar-refractivity contribution in [2.24, 2.45) is 0 Å². The van der Waals surface area contributed by atoms with E-state index in [-0.39, 0.29) is 18.5 Å². The second kappa shape index (κ2) is 6.97. The first-order valence-electron chi connectivity index (χ1n) is 6.91. The molecule has 0 spiro atoms. The first-order chi connectivity index (χ1) is 10.2. The lowest BCUT2D eigenvalue weighted by Crippen LogP contribution is -2.39. The van der Waals surface area contributed by atoms with Gasteiger partial charge >= 0.3 is 6.09 Å². The van der Waals surface area contributed by atoms with Gasteiger partial charge in [0, 0.05) is 6.54 Å². The quantitative estimate of drug-likeness (QED) is 0.917. The van der Waals surface area contributed by atoms with Gasteiger partial charge in [-0.3, -0.25) is 4.79 Å². The number of likely N-dealkylation sites (tertiary alicyclic amines) is 1. The summed E-state index contributed by atoms with van der Waals surface area (Å²) in [5, 5.41) is 2.43. The average Bonchev–Trinajstić information content (AvgIpc) is 3.01. The number of nitrogens with zero attached hydrogens (tertiary/aromatic N) is 1. The average molecular weight is 292 g/mol. The smallest absolute Gasteiger partial charge is 0.407 e. The van der Waals surface area contributed by atoms with Gasteiger partial charge in [0.15, 0.2) is 0 Å². The van der Waals surface area contributed by atoms with E-state index in [0.717, 1.165) is 24.2 Å². The molecule has 1 aromatic carbocycles. The predicted octanol–water partition coefficient (Wildman–Crippen LogP) is 1.71. The van der Waals surface area contributed by atoms with Gasteiger partial charge in [0.05, 0.1) is 20.3 Å². The van der Waals surface area contributed by atoms with Crippen LogP contribution in [-0.2, 0) is 9.53 Å². The van der Waals surface area contributed by atoms with Crippen LogP contribution in [0.25, 0.3) is 0 Å². The van der Waals surface area contributed by atoms with Crippen molar-refractivity contribution in [3.05, 3.63) is 29.8 Å². The summed E-state index contributed by atoms with van der Waals surface area (Å²) in [4.78, 5) is 25.1. The van der Waals surface area contributed by atoms with Gasteiger partial charge in [-0.1, -0.05) is 12.1 Å². The SMILES string of the molecule is COC(=O)NCC(=O)N1CCC[C@@H]1c1cccc(OC)c1. The van der Waals surface area contributed by atoms with E-state index in [0.29, 0.717) is 6.54 Å². The van der Waals surface area contributed by atoms with E-state index < -0.39 is 6.09 Å². The highest BCUT2D eigenvalue weighted by atomic mass is 16.5. The molecule has 114 valence electrons. The van der Waals surface area contributed by atoms with E-state index in [1.807, 2.05) is 24.3 Å². The summed E-state index contributed by atoms with van der Waals surface area (Å²) < 4.78 is 9.69. The Hall–Kier alpha value is -2.24. The third-order valence-corrected chi connectivity index (χ3v) is 3.62. The molecule has 1 atom stereocenters. The number of methoxy groups -OCH3 is 2. The Bertz CT molecular complexity index is 518. The topological polar surface area (TPSA) is 67.9 Å². The molecule has 1 heterocycles. The maximum atomic E-state index is 12.2. The Labute approximate surface area is 124 Å². The molecule has 1 aliphatic heterocycles.